The third-order valence-electron chi connectivity index (χ3n) is 2.99. The number of fused-ring (bicyclic) bond motifs is 1. The molecular weight excluding hydrogens is 337 g/mol. The second-order valence-electron chi connectivity index (χ2n) is 4.67. The van der Waals surface area contributed by atoms with Crippen molar-refractivity contribution in [2.45, 2.75) is 19.1 Å². The Morgan fingerprint density at radius 2 is 1.96 bits per heavy atom. The monoisotopic (exact) mass is 350 g/mol. The molecule has 9 nitrogen and oxygen atoms in total. The SMILES string of the molecule is COC(=O)c1nn(CCOCCC(F)(F)F)c2c(=O)[nH]c(=O)[nH]c12. The van der Waals surface area contributed by atoms with Crippen LogP contribution >= 0.6 is 0 Å². The van der Waals surface area contributed by atoms with Gasteiger partial charge in [0.05, 0.1) is 33.3 Å². The lowest BCUT2D eigenvalue weighted by Crippen LogP contribution is -2.24. The average molecular weight is 350 g/mol. The molecule has 2 aromatic heterocycles. The summed E-state index contributed by atoms with van der Waals surface area (Å²) in [5.41, 5.74) is -2.16. The van der Waals surface area contributed by atoms with E-state index in [2.05, 4.69) is 14.8 Å². The Morgan fingerprint density at radius 1 is 1.25 bits per heavy atom. The molecule has 0 spiro atoms. The zero-order valence-corrected chi connectivity index (χ0v) is 12.4. The number of hydrogen-bond acceptors (Lipinski definition) is 6. The van der Waals surface area contributed by atoms with Crippen molar-refractivity contribution >= 4 is 17.0 Å². The molecular formula is C12H13F3N4O5. The van der Waals surface area contributed by atoms with Gasteiger partial charge in [-0.15, -0.1) is 0 Å². The van der Waals surface area contributed by atoms with Gasteiger partial charge in [0.1, 0.15) is 5.52 Å². The van der Waals surface area contributed by atoms with E-state index >= 15 is 0 Å². The third kappa shape index (κ3) is 4.01. The van der Waals surface area contributed by atoms with Crippen LogP contribution in [0.4, 0.5) is 13.2 Å². The molecule has 2 N–H and O–H groups in total. The van der Waals surface area contributed by atoms with Gasteiger partial charge >= 0.3 is 17.8 Å². The van der Waals surface area contributed by atoms with Crippen LogP contribution in [0.15, 0.2) is 9.59 Å². The normalized spacial score (nSPS) is 11.8. The van der Waals surface area contributed by atoms with E-state index in [4.69, 9.17) is 4.74 Å². The first-order chi connectivity index (χ1) is 11.2. The largest absolute Gasteiger partial charge is 0.464 e. The van der Waals surface area contributed by atoms with Crippen molar-refractivity contribution in [2.75, 3.05) is 20.3 Å². The molecule has 0 amide bonds. The second-order valence-corrected chi connectivity index (χ2v) is 4.67. The van der Waals surface area contributed by atoms with E-state index in [1.165, 1.54) is 0 Å². The quantitative estimate of drug-likeness (QED) is 0.566. The summed E-state index contributed by atoms with van der Waals surface area (Å²) in [6.07, 6.45) is -5.43. The Morgan fingerprint density at radius 3 is 2.58 bits per heavy atom. The molecule has 2 heterocycles. The summed E-state index contributed by atoms with van der Waals surface area (Å²) in [5.74, 6) is -0.877. The number of esters is 1. The van der Waals surface area contributed by atoms with Gasteiger partial charge in [-0.3, -0.25) is 14.5 Å². The van der Waals surface area contributed by atoms with Crippen molar-refractivity contribution in [3.8, 4) is 0 Å². The Balaban J connectivity index is 2.23. The molecule has 0 saturated carbocycles. The van der Waals surface area contributed by atoms with Crippen molar-refractivity contribution < 1.29 is 27.4 Å². The van der Waals surface area contributed by atoms with Gasteiger partial charge in [0, 0.05) is 0 Å². The number of halogens is 3. The van der Waals surface area contributed by atoms with Crippen molar-refractivity contribution in [1.82, 2.24) is 19.7 Å². The van der Waals surface area contributed by atoms with Gasteiger partial charge in [0.15, 0.2) is 11.2 Å². The summed E-state index contributed by atoms with van der Waals surface area (Å²) >= 11 is 0. The number of hydrogen-bond donors (Lipinski definition) is 2. The minimum Gasteiger partial charge on any atom is -0.464 e. The van der Waals surface area contributed by atoms with E-state index in [1.54, 1.807) is 0 Å². The third-order valence-corrected chi connectivity index (χ3v) is 2.99. The van der Waals surface area contributed by atoms with Crippen LogP contribution in [0.1, 0.15) is 16.9 Å². The predicted molar refractivity (Wildman–Crippen MR) is 73.8 cm³/mol. The smallest absolute Gasteiger partial charge is 0.391 e. The highest BCUT2D eigenvalue weighted by molar-refractivity contribution is 5.99. The molecule has 0 aliphatic rings. The number of carbonyl (C=O) groups is 1. The van der Waals surface area contributed by atoms with Gasteiger partial charge in [-0.1, -0.05) is 0 Å². The van der Waals surface area contributed by atoms with E-state index < -0.39 is 36.4 Å². The molecule has 0 bridgehead atoms. The van der Waals surface area contributed by atoms with E-state index in [1.807, 2.05) is 4.98 Å². The molecule has 0 saturated heterocycles. The van der Waals surface area contributed by atoms with Crippen LogP contribution < -0.4 is 11.2 Å². The highest BCUT2D eigenvalue weighted by Gasteiger charge is 2.26. The van der Waals surface area contributed by atoms with Crippen molar-refractivity contribution in [3.63, 3.8) is 0 Å². The van der Waals surface area contributed by atoms with Crippen molar-refractivity contribution in [1.29, 1.82) is 0 Å². The minimum absolute atomic E-state index is 0.0968. The molecule has 0 atom stereocenters. The van der Waals surface area contributed by atoms with Gasteiger partial charge < -0.3 is 14.5 Å². The van der Waals surface area contributed by atoms with Crippen LogP contribution in [0.3, 0.4) is 0 Å². The summed E-state index contributed by atoms with van der Waals surface area (Å²) in [6.45, 7) is -0.813. The molecule has 2 aromatic rings. The summed E-state index contributed by atoms with van der Waals surface area (Å²) in [6, 6.07) is 0. The topological polar surface area (TPSA) is 119 Å². The molecule has 0 unspecified atom stereocenters. The lowest BCUT2D eigenvalue weighted by molar-refractivity contribution is -0.145. The summed E-state index contributed by atoms with van der Waals surface area (Å²) in [7, 11) is 1.10. The maximum absolute atomic E-state index is 12.0. The van der Waals surface area contributed by atoms with Gasteiger partial charge in [0.25, 0.3) is 5.56 Å². The van der Waals surface area contributed by atoms with Crippen molar-refractivity contribution in [2.24, 2.45) is 0 Å². The molecule has 132 valence electrons. The van der Waals surface area contributed by atoms with Gasteiger partial charge in [0.2, 0.25) is 0 Å². The number of alkyl halides is 3. The maximum Gasteiger partial charge on any atom is 0.391 e. The van der Waals surface area contributed by atoms with Crippen LogP contribution in [-0.2, 0) is 16.0 Å². The number of nitrogens with one attached hydrogen (secondary N) is 2. The maximum atomic E-state index is 12.0. The molecule has 0 fully saturated rings. The number of nitrogens with zero attached hydrogens (tertiary/aromatic N) is 2. The highest BCUT2D eigenvalue weighted by atomic mass is 19.4. The van der Waals surface area contributed by atoms with Gasteiger partial charge in [-0.05, 0) is 0 Å². The van der Waals surface area contributed by atoms with Crippen LogP contribution in [0.25, 0.3) is 11.0 Å². The van der Waals surface area contributed by atoms with Crippen molar-refractivity contribution in [3.05, 3.63) is 26.5 Å². The second kappa shape index (κ2) is 6.86. The first-order valence-corrected chi connectivity index (χ1v) is 6.69. The number of aromatic amines is 2. The number of carbonyl (C=O) groups excluding carboxylic acids is 1. The summed E-state index contributed by atoms with van der Waals surface area (Å²) in [4.78, 5) is 39.1. The first kappa shape index (κ1) is 17.7. The minimum atomic E-state index is -4.33. The van der Waals surface area contributed by atoms with E-state index in [0.717, 1.165) is 11.8 Å². The van der Waals surface area contributed by atoms with E-state index in [-0.39, 0.29) is 29.9 Å². The summed E-state index contributed by atoms with van der Waals surface area (Å²) < 4.78 is 46.4. The fourth-order valence-corrected chi connectivity index (χ4v) is 1.96. The zero-order valence-electron chi connectivity index (χ0n) is 12.4. The Hall–Kier alpha value is -2.63. The fourth-order valence-electron chi connectivity index (χ4n) is 1.96. The number of H-pyrrole nitrogens is 2. The Bertz CT molecular complexity index is 851. The first-order valence-electron chi connectivity index (χ1n) is 6.69. The molecule has 0 aliphatic carbocycles. The molecule has 0 aliphatic heterocycles. The number of ether oxygens (including phenoxy) is 2. The average Bonchev–Trinajstić information content (AvgIpc) is 2.83. The van der Waals surface area contributed by atoms with Crippen LogP contribution in [0.2, 0.25) is 0 Å². The van der Waals surface area contributed by atoms with Crippen LogP contribution in [0, 0.1) is 0 Å². The van der Waals surface area contributed by atoms with Gasteiger partial charge in [-0.25, -0.2) is 9.59 Å². The summed E-state index contributed by atoms with van der Waals surface area (Å²) in [5, 5.41) is 3.86. The lowest BCUT2D eigenvalue weighted by Gasteiger charge is -2.07. The standard InChI is InChI=1S/C12H13F3N4O5/c1-23-10(21)7-6-8(9(20)17-11(22)16-6)19(18-7)3-5-24-4-2-12(13,14)15/h2-5H2,1H3,(H2,16,17,20,22). The number of methoxy groups -OCH3 is 1. The molecule has 0 aromatic carbocycles. The molecule has 0 radical (unpaired) electrons. The molecule has 2 rings (SSSR count). The van der Waals surface area contributed by atoms with Crippen LogP contribution in [-0.4, -0.2) is 52.2 Å². The van der Waals surface area contributed by atoms with E-state index in [0.29, 0.717) is 0 Å². The van der Waals surface area contributed by atoms with Gasteiger partial charge in [-0.2, -0.15) is 18.3 Å². The fraction of sp³-hybridized carbons (Fsp3) is 0.500. The highest BCUT2D eigenvalue weighted by Crippen LogP contribution is 2.19. The lowest BCUT2D eigenvalue weighted by atomic mass is 10.3. The zero-order chi connectivity index (χ0) is 17.9. The number of aromatic nitrogens is 4. The number of rotatable bonds is 6. The van der Waals surface area contributed by atoms with E-state index in [9.17, 15) is 27.6 Å². The molecule has 24 heavy (non-hydrogen) atoms. The Kier molecular flexibility index (Phi) is 5.07. The predicted octanol–water partition coefficient (Wildman–Crippen LogP) is 0.168. The Labute approximate surface area is 131 Å². The van der Waals surface area contributed by atoms with Crippen LogP contribution in [0.5, 0.6) is 0 Å². The molecule has 12 heteroatoms.